The molecule has 0 aromatic carbocycles. The van der Waals surface area contributed by atoms with E-state index in [2.05, 4.69) is 0 Å². The van der Waals surface area contributed by atoms with E-state index >= 15 is 0 Å². The van der Waals surface area contributed by atoms with Crippen molar-refractivity contribution in [2.75, 3.05) is 23.5 Å². The summed E-state index contributed by atoms with van der Waals surface area (Å²) < 4.78 is 22.0. The molecular formula is C8H17NO2S2. The summed E-state index contributed by atoms with van der Waals surface area (Å²) in [7, 11) is -2.90. The van der Waals surface area contributed by atoms with E-state index in [-0.39, 0.29) is 11.8 Å². The second-order valence-electron chi connectivity index (χ2n) is 3.71. The summed E-state index contributed by atoms with van der Waals surface area (Å²) >= 11 is 1.93. The van der Waals surface area contributed by atoms with Crippen LogP contribution in [0, 0.1) is 5.92 Å². The number of thioether (sulfide) groups is 1. The van der Waals surface area contributed by atoms with Gasteiger partial charge in [-0.05, 0) is 30.3 Å². The lowest BCUT2D eigenvalue weighted by atomic mass is 9.96. The van der Waals surface area contributed by atoms with Crippen LogP contribution >= 0.6 is 11.8 Å². The van der Waals surface area contributed by atoms with E-state index < -0.39 is 9.84 Å². The van der Waals surface area contributed by atoms with Gasteiger partial charge in [-0.3, -0.25) is 0 Å². The molecule has 13 heavy (non-hydrogen) atoms. The van der Waals surface area contributed by atoms with E-state index in [0.29, 0.717) is 5.92 Å². The van der Waals surface area contributed by atoms with Crippen molar-refractivity contribution >= 4 is 21.6 Å². The van der Waals surface area contributed by atoms with E-state index in [1.165, 1.54) is 6.26 Å². The van der Waals surface area contributed by atoms with Gasteiger partial charge in [-0.2, -0.15) is 11.8 Å². The minimum absolute atomic E-state index is 0.141. The summed E-state index contributed by atoms with van der Waals surface area (Å²) in [4.78, 5) is 0. The van der Waals surface area contributed by atoms with Gasteiger partial charge in [-0.1, -0.05) is 0 Å². The number of hydrogen-bond acceptors (Lipinski definition) is 4. The normalized spacial score (nSPS) is 22.9. The first-order valence-electron chi connectivity index (χ1n) is 4.50. The molecule has 0 radical (unpaired) electrons. The van der Waals surface area contributed by atoms with E-state index in [9.17, 15) is 8.42 Å². The zero-order chi connectivity index (χ0) is 9.90. The van der Waals surface area contributed by atoms with Crippen molar-refractivity contribution in [2.24, 2.45) is 11.7 Å². The Hall–Kier alpha value is 0.260. The Bertz CT molecular complexity index is 245. The van der Waals surface area contributed by atoms with Gasteiger partial charge in [-0.15, -0.1) is 0 Å². The first kappa shape index (κ1) is 11.3. The highest BCUT2D eigenvalue weighted by Crippen LogP contribution is 2.24. The van der Waals surface area contributed by atoms with Gasteiger partial charge in [0.25, 0.3) is 0 Å². The molecule has 1 aliphatic heterocycles. The van der Waals surface area contributed by atoms with Crippen molar-refractivity contribution in [3.05, 3.63) is 0 Å². The maximum absolute atomic E-state index is 11.0. The molecule has 0 aromatic heterocycles. The van der Waals surface area contributed by atoms with Crippen LogP contribution in [0.1, 0.15) is 12.8 Å². The van der Waals surface area contributed by atoms with Crippen LogP contribution in [0.2, 0.25) is 0 Å². The van der Waals surface area contributed by atoms with E-state index in [4.69, 9.17) is 5.73 Å². The molecule has 0 amide bonds. The highest BCUT2D eigenvalue weighted by molar-refractivity contribution is 7.99. The lowest BCUT2D eigenvalue weighted by Crippen LogP contribution is -2.38. The van der Waals surface area contributed by atoms with Gasteiger partial charge in [0.2, 0.25) is 0 Å². The Kier molecular flexibility index (Phi) is 4.06. The lowest BCUT2D eigenvalue weighted by Gasteiger charge is -2.26. The number of hydrogen-bond donors (Lipinski definition) is 1. The predicted molar refractivity (Wildman–Crippen MR) is 57.7 cm³/mol. The zero-order valence-corrected chi connectivity index (χ0v) is 9.53. The van der Waals surface area contributed by atoms with Crippen molar-refractivity contribution in [2.45, 2.75) is 18.9 Å². The molecule has 1 aliphatic rings. The van der Waals surface area contributed by atoms with E-state index in [1.54, 1.807) is 0 Å². The second kappa shape index (κ2) is 4.66. The fourth-order valence-corrected chi connectivity index (χ4v) is 3.74. The molecule has 1 rings (SSSR count). The predicted octanol–water partition coefficient (Wildman–Crippen LogP) is 0.501. The molecule has 1 atom stereocenters. The third-order valence-electron chi connectivity index (χ3n) is 2.37. The third-order valence-corrected chi connectivity index (χ3v) is 4.41. The van der Waals surface area contributed by atoms with Crippen molar-refractivity contribution in [3.63, 3.8) is 0 Å². The van der Waals surface area contributed by atoms with E-state index in [1.807, 2.05) is 11.8 Å². The molecule has 1 saturated heterocycles. The van der Waals surface area contributed by atoms with Gasteiger partial charge in [0.1, 0.15) is 9.84 Å². The van der Waals surface area contributed by atoms with Crippen LogP contribution in [-0.4, -0.2) is 38.0 Å². The smallest absolute Gasteiger partial charge is 0.148 e. The monoisotopic (exact) mass is 223 g/mol. The SMILES string of the molecule is CS(=O)(=O)CC(N)C1CCSCC1. The first-order valence-corrected chi connectivity index (χ1v) is 7.71. The van der Waals surface area contributed by atoms with Gasteiger partial charge in [0, 0.05) is 12.3 Å². The Balaban J connectivity index is 2.42. The fraction of sp³-hybridized carbons (Fsp3) is 1.00. The molecule has 1 unspecified atom stereocenters. The highest BCUT2D eigenvalue weighted by Gasteiger charge is 2.23. The molecule has 0 saturated carbocycles. The average Bonchev–Trinajstić information content (AvgIpc) is 2.03. The Morgan fingerprint density at radius 1 is 1.46 bits per heavy atom. The fourth-order valence-electron chi connectivity index (χ4n) is 1.63. The second-order valence-corrected chi connectivity index (χ2v) is 7.12. The summed E-state index contributed by atoms with van der Waals surface area (Å²) in [6, 6.07) is -0.157. The number of nitrogens with two attached hydrogens (primary N) is 1. The quantitative estimate of drug-likeness (QED) is 0.757. The van der Waals surface area contributed by atoms with Gasteiger partial charge in [0.05, 0.1) is 5.75 Å². The summed E-state index contributed by atoms with van der Waals surface area (Å²) in [6.07, 6.45) is 3.40. The molecule has 2 N–H and O–H groups in total. The highest BCUT2D eigenvalue weighted by atomic mass is 32.2. The van der Waals surface area contributed by atoms with Crippen LogP contribution in [-0.2, 0) is 9.84 Å². The molecule has 1 heterocycles. The summed E-state index contributed by atoms with van der Waals surface area (Å²) in [6.45, 7) is 0. The molecule has 1 fully saturated rings. The maximum Gasteiger partial charge on any atom is 0.148 e. The Morgan fingerprint density at radius 3 is 2.46 bits per heavy atom. The summed E-state index contributed by atoms with van der Waals surface area (Å²) in [5, 5.41) is 0. The van der Waals surface area contributed by atoms with Gasteiger partial charge in [-0.25, -0.2) is 8.42 Å². The van der Waals surface area contributed by atoms with Gasteiger partial charge in [0.15, 0.2) is 0 Å². The van der Waals surface area contributed by atoms with Crippen LogP contribution < -0.4 is 5.73 Å². The average molecular weight is 223 g/mol. The molecule has 78 valence electrons. The van der Waals surface area contributed by atoms with Crippen LogP contribution in [0.25, 0.3) is 0 Å². The molecule has 5 heteroatoms. The van der Waals surface area contributed by atoms with Crippen molar-refractivity contribution < 1.29 is 8.42 Å². The molecule has 0 aliphatic carbocycles. The largest absolute Gasteiger partial charge is 0.327 e. The van der Waals surface area contributed by atoms with E-state index in [0.717, 1.165) is 24.3 Å². The van der Waals surface area contributed by atoms with Gasteiger partial charge < -0.3 is 5.73 Å². The van der Waals surface area contributed by atoms with Crippen LogP contribution in [0.5, 0.6) is 0 Å². The molecule has 0 spiro atoms. The molecule has 0 bridgehead atoms. The maximum atomic E-state index is 11.0. The van der Waals surface area contributed by atoms with Crippen molar-refractivity contribution in [3.8, 4) is 0 Å². The minimum Gasteiger partial charge on any atom is -0.327 e. The van der Waals surface area contributed by atoms with Crippen LogP contribution in [0.15, 0.2) is 0 Å². The van der Waals surface area contributed by atoms with Crippen molar-refractivity contribution in [1.29, 1.82) is 0 Å². The summed E-state index contributed by atoms with van der Waals surface area (Å²) in [5.74, 6) is 2.81. The topological polar surface area (TPSA) is 60.2 Å². The van der Waals surface area contributed by atoms with Gasteiger partial charge >= 0.3 is 0 Å². The minimum atomic E-state index is -2.90. The molecule has 0 aromatic rings. The third kappa shape index (κ3) is 4.33. The van der Waals surface area contributed by atoms with Crippen LogP contribution in [0.3, 0.4) is 0 Å². The Labute approximate surface area is 84.4 Å². The summed E-state index contributed by atoms with van der Waals surface area (Å²) in [5.41, 5.74) is 5.85. The number of sulfone groups is 1. The first-order chi connectivity index (χ1) is 5.99. The zero-order valence-electron chi connectivity index (χ0n) is 7.90. The molecule has 3 nitrogen and oxygen atoms in total. The lowest BCUT2D eigenvalue weighted by molar-refractivity contribution is 0.415. The molecular weight excluding hydrogens is 206 g/mol. The van der Waals surface area contributed by atoms with Crippen LogP contribution in [0.4, 0.5) is 0 Å². The van der Waals surface area contributed by atoms with Crippen molar-refractivity contribution in [1.82, 2.24) is 0 Å². The standard InChI is InChI=1S/C8H17NO2S2/c1-13(10,11)6-8(9)7-2-4-12-5-3-7/h7-8H,2-6,9H2,1H3. The Morgan fingerprint density at radius 2 is 2.00 bits per heavy atom. The number of rotatable bonds is 3.